The van der Waals surface area contributed by atoms with Crippen molar-refractivity contribution in [3.05, 3.63) is 70.0 Å². The minimum atomic E-state index is -0.489. The first kappa shape index (κ1) is 25.0. The number of carbonyl (C=O) groups is 2. The second-order valence-electron chi connectivity index (χ2n) is 8.91. The number of amides is 1. The van der Waals surface area contributed by atoms with E-state index in [-0.39, 0.29) is 17.5 Å². The monoisotopic (exact) mass is 493 g/mol. The molecular weight excluding hydrogens is 462 g/mol. The van der Waals surface area contributed by atoms with Gasteiger partial charge in [0, 0.05) is 12.6 Å². The van der Waals surface area contributed by atoms with E-state index in [1.807, 2.05) is 37.3 Å². The lowest BCUT2D eigenvalue weighted by molar-refractivity contribution is -0.121. The smallest absolute Gasteiger partial charge is 0.337 e. The van der Waals surface area contributed by atoms with Crippen molar-refractivity contribution in [1.82, 2.24) is 14.9 Å². The average Bonchev–Trinajstić information content (AvgIpc) is 2.88. The van der Waals surface area contributed by atoms with Gasteiger partial charge in [0.15, 0.2) is 5.16 Å². The molecule has 0 saturated heterocycles. The third-order valence-electron chi connectivity index (χ3n) is 6.41. The first-order chi connectivity index (χ1) is 17.0. The van der Waals surface area contributed by atoms with Crippen LogP contribution in [-0.4, -0.2) is 39.8 Å². The highest BCUT2D eigenvalue weighted by molar-refractivity contribution is 8.00. The molecule has 1 fully saturated rings. The molecule has 1 aliphatic rings. The summed E-state index contributed by atoms with van der Waals surface area (Å²) < 4.78 is 6.46. The molecule has 8 heteroatoms. The Hall–Kier alpha value is -3.13. The highest BCUT2D eigenvalue weighted by Crippen LogP contribution is 2.25. The molecular formula is C27H31N3O4S. The summed E-state index contributed by atoms with van der Waals surface area (Å²) in [6, 6.07) is 14.9. The van der Waals surface area contributed by atoms with Crippen LogP contribution in [0.3, 0.4) is 0 Å². The quantitative estimate of drug-likeness (QED) is 0.285. The van der Waals surface area contributed by atoms with Gasteiger partial charge < -0.3 is 10.1 Å². The van der Waals surface area contributed by atoms with Crippen molar-refractivity contribution >= 4 is 34.5 Å². The molecule has 1 N–H and O–H groups in total. The normalized spacial score (nSPS) is 15.0. The summed E-state index contributed by atoms with van der Waals surface area (Å²) in [4.78, 5) is 43.2. The number of thioether (sulfide) groups is 1. The maximum atomic E-state index is 13.5. The highest BCUT2D eigenvalue weighted by atomic mass is 32.2. The fourth-order valence-electron chi connectivity index (χ4n) is 4.40. The number of aromatic nitrogens is 2. The topological polar surface area (TPSA) is 90.3 Å². The Morgan fingerprint density at radius 2 is 1.89 bits per heavy atom. The van der Waals surface area contributed by atoms with Crippen LogP contribution in [0.2, 0.25) is 0 Å². The highest BCUT2D eigenvalue weighted by Gasteiger charge is 2.23. The van der Waals surface area contributed by atoms with E-state index in [1.165, 1.54) is 25.3 Å². The number of rotatable bonds is 8. The first-order valence-electron chi connectivity index (χ1n) is 12.1. The number of fused-ring (bicyclic) bond motifs is 1. The van der Waals surface area contributed by atoms with Crippen LogP contribution in [0.4, 0.5) is 0 Å². The third-order valence-corrected chi connectivity index (χ3v) is 7.50. The standard InChI is InChI=1S/C27H31N3O4S/c1-18(24(31)28-21-11-7-4-8-12-21)35-27-29-23-17-20(26(33)34-2)13-14-22(23)25(32)30(27)16-15-19-9-5-3-6-10-19/h3,5-6,9-10,13-14,17-18,21H,4,7-8,11-12,15-16H2,1-2H3,(H,28,31). The lowest BCUT2D eigenvalue weighted by Crippen LogP contribution is -2.40. The molecule has 1 saturated carbocycles. The summed E-state index contributed by atoms with van der Waals surface area (Å²) in [7, 11) is 1.31. The Morgan fingerprint density at radius 3 is 2.60 bits per heavy atom. The molecule has 0 bridgehead atoms. The average molecular weight is 494 g/mol. The minimum absolute atomic E-state index is 0.0471. The molecule has 1 aliphatic carbocycles. The van der Waals surface area contributed by atoms with Gasteiger partial charge in [-0.05, 0) is 49.9 Å². The Balaban J connectivity index is 1.64. The van der Waals surface area contributed by atoms with E-state index >= 15 is 0 Å². The van der Waals surface area contributed by atoms with Gasteiger partial charge in [-0.2, -0.15) is 0 Å². The molecule has 184 valence electrons. The van der Waals surface area contributed by atoms with Crippen molar-refractivity contribution in [3.63, 3.8) is 0 Å². The van der Waals surface area contributed by atoms with E-state index in [1.54, 1.807) is 22.8 Å². The number of methoxy groups -OCH3 is 1. The van der Waals surface area contributed by atoms with Gasteiger partial charge in [-0.15, -0.1) is 0 Å². The summed E-state index contributed by atoms with van der Waals surface area (Å²) in [6.07, 6.45) is 6.18. The van der Waals surface area contributed by atoms with E-state index in [2.05, 4.69) is 5.32 Å². The fraction of sp³-hybridized carbons (Fsp3) is 0.407. The van der Waals surface area contributed by atoms with Gasteiger partial charge in [0.2, 0.25) is 5.91 Å². The van der Waals surface area contributed by atoms with Crippen LogP contribution in [0.5, 0.6) is 0 Å². The van der Waals surface area contributed by atoms with E-state index < -0.39 is 11.2 Å². The number of esters is 1. The van der Waals surface area contributed by atoms with E-state index in [0.29, 0.717) is 34.6 Å². The molecule has 0 spiro atoms. The Bertz CT molecular complexity index is 1250. The van der Waals surface area contributed by atoms with Gasteiger partial charge in [-0.1, -0.05) is 61.4 Å². The van der Waals surface area contributed by atoms with E-state index in [0.717, 1.165) is 31.2 Å². The van der Waals surface area contributed by atoms with Gasteiger partial charge in [0.25, 0.3) is 5.56 Å². The molecule has 1 amide bonds. The molecule has 1 atom stereocenters. The largest absolute Gasteiger partial charge is 0.465 e. The van der Waals surface area contributed by atoms with Crippen molar-refractivity contribution in [2.45, 2.75) is 68.4 Å². The number of nitrogens with zero attached hydrogens (tertiary/aromatic N) is 2. The SMILES string of the molecule is COC(=O)c1ccc2c(=O)n(CCc3ccccc3)c(SC(C)C(=O)NC3CCCCC3)nc2c1. The van der Waals surface area contributed by atoms with Gasteiger partial charge in [0.05, 0.1) is 28.8 Å². The van der Waals surface area contributed by atoms with Crippen molar-refractivity contribution in [2.75, 3.05) is 7.11 Å². The second-order valence-corrected chi connectivity index (χ2v) is 10.2. The Labute approximate surface area is 209 Å². The zero-order valence-corrected chi connectivity index (χ0v) is 21.0. The first-order valence-corrected chi connectivity index (χ1v) is 13.0. The number of nitrogens with one attached hydrogen (secondary N) is 1. The maximum absolute atomic E-state index is 13.5. The summed E-state index contributed by atoms with van der Waals surface area (Å²) in [5.41, 5.74) is 1.66. The van der Waals surface area contributed by atoms with Gasteiger partial charge >= 0.3 is 5.97 Å². The zero-order chi connectivity index (χ0) is 24.8. The van der Waals surface area contributed by atoms with Crippen molar-refractivity contribution in [2.24, 2.45) is 0 Å². The second kappa shape index (κ2) is 11.5. The van der Waals surface area contributed by atoms with Crippen LogP contribution < -0.4 is 10.9 Å². The van der Waals surface area contributed by atoms with Crippen LogP contribution in [0.1, 0.15) is 54.9 Å². The molecule has 0 radical (unpaired) electrons. The maximum Gasteiger partial charge on any atom is 0.337 e. The number of aryl methyl sites for hydroxylation is 1. The molecule has 1 heterocycles. The van der Waals surface area contributed by atoms with Crippen LogP contribution in [0.15, 0.2) is 58.5 Å². The van der Waals surface area contributed by atoms with Gasteiger partial charge in [-0.25, -0.2) is 9.78 Å². The molecule has 1 aromatic heterocycles. The number of carbonyl (C=O) groups excluding carboxylic acids is 2. The molecule has 2 aromatic carbocycles. The molecule has 3 aromatic rings. The predicted molar refractivity (Wildman–Crippen MR) is 138 cm³/mol. The van der Waals surface area contributed by atoms with Crippen molar-refractivity contribution < 1.29 is 14.3 Å². The Morgan fingerprint density at radius 1 is 1.14 bits per heavy atom. The summed E-state index contributed by atoms with van der Waals surface area (Å²) in [5, 5.41) is 3.63. The summed E-state index contributed by atoms with van der Waals surface area (Å²) >= 11 is 1.27. The number of ether oxygens (including phenoxy) is 1. The molecule has 35 heavy (non-hydrogen) atoms. The number of benzene rings is 2. The van der Waals surface area contributed by atoms with Crippen molar-refractivity contribution in [1.29, 1.82) is 0 Å². The minimum Gasteiger partial charge on any atom is -0.465 e. The van der Waals surface area contributed by atoms with Crippen LogP contribution in [0.25, 0.3) is 10.9 Å². The number of hydrogen-bond donors (Lipinski definition) is 1. The van der Waals surface area contributed by atoms with Gasteiger partial charge in [-0.3, -0.25) is 14.2 Å². The predicted octanol–water partition coefficient (Wildman–Crippen LogP) is 4.36. The third kappa shape index (κ3) is 6.11. The molecule has 0 aliphatic heterocycles. The van der Waals surface area contributed by atoms with E-state index in [4.69, 9.17) is 9.72 Å². The van der Waals surface area contributed by atoms with E-state index in [9.17, 15) is 14.4 Å². The number of hydrogen-bond acceptors (Lipinski definition) is 6. The lowest BCUT2D eigenvalue weighted by atomic mass is 9.95. The van der Waals surface area contributed by atoms with Gasteiger partial charge in [0.1, 0.15) is 0 Å². The summed E-state index contributed by atoms with van der Waals surface area (Å²) in [6.45, 7) is 2.27. The zero-order valence-electron chi connectivity index (χ0n) is 20.2. The fourth-order valence-corrected chi connectivity index (χ4v) is 5.34. The summed E-state index contributed by atoms with van der Waals surface area (Å²) in [5.74, 6) is -0.537. The van der Waals surface area contributed by atoms with Crippen LogP contribution in [-0.2, 0) is 22.5 Å². The van der Waals surface area contributed by atoms with Crippen LogP contribution in [0, 0.1) is 0 Å². The van der Waals surface area contributed by atoms with Crippen LogP contribution >= 0.6 is 11.8 Å². The lowest BCUT2D eigenvalue weighted by Gasteiger charge is -2.24. The molecule has 4 rings (SSSR count). The molecule has 7 nitrogen and oxygen atoms in total. The molecule has 1 unspecified atom stereocenters. The van der Waals surface area contributed by atoms with Crippen molar-refractivity contribution in [3.8, 4) is 0 Å². The Kier molecular flexibility index (Phi) is 8.23.